The minimum atomic E-state index is -0.710. The topological polar surface area (TPSA) is 51.7 Å². The van der Waals surface area contributed by atoms with Crippen LogP contribution in [0.15, 0.2) is 5.38 Å². The molecular weight excluding hydrogens is 288 g/mol. The third kappa shape index (κ3) is 3.74. The highest BCUT2D eigenvalue weighted by atomic mass is 32.1. The van der Waals surface area contributed by atoms with Gasteiger partial charge < -0.3 is 14.4 Å². The number of ether oxygens (including phenoxy) is 2. The molecule has 1 saturated heterocycles. The molecule has 0 aliphatic carbocycles. The molecule has 2 rings (SSSR count). The van der Waals surface area contributed by atoms with Crippen molar-refractivity contribution in [1.29, 1.82) is 0 Å². The molecule has 1 aromatic heterocycles. The van der Waals surface area contributed by atoms with Crippen molar-refractivity contribution in [2.24, 2.45) is 0 Å². The molecule has 1 aliphatic rings. The standard InChI is InChI=1S/C15H24N2O3S/c1-5-19-13(18)15(3,4)12-10-21-14(16-12)17-7-6-8-20-11(2)9-17/h10-11H,5-9H2,1-4H3. The predicted molar refractivity (Wildman–Crippen MR) is 84.0 cm³/mol. The first-order valence-corrected chi connectivity index (χ1v) is 8.33. The summed E-state index contributed by atoms with van der Waals surface area (Å²) in [5.41, 5.74) is 0.0670. The van der Waals surface area contributed by atoms with E-state index in [4.69, 9.17) is 9.47 Å². The van der Waals surface area contributed by atoms with E-state index in [-0.39, 0.29) is 12.1 Å². The summed E-state index contributed by atoms with van der Waals surface area (Å²) < 4.78 is 10.8. The Bertz CT molecular complexity index is 487. The molecule has 2 heterocycles. The van der Waals surface area contributed by atoms with Gasteiger partial charge in [-0.3, -0.25) is 4.79 Å². The number of carbonyl (C=O) groups is 1. The van der Waals surface area contributed by atoms with Gasteiger partial charge in [-0.25, -0.2) is 4.98 Å². The SMILES string of the molecule is CCOC(=O)C(C)(C)c1csc(N2CCCOC(C)C2)n1. The van der Waals surface area contributed by atoms with Gasteiger partial charge in [0.2, 0.25) is 0 Å². The minimum Gasteiger partial charge on any atom is -0.465 e. The van der Waals surface area contributed by atoms with Crippen LogP contribution in [0, 0.1) is 0 Å². The van der Waals surface area contributed by atoms with Crippen molar-refractivity contribution in [3.8, 4) is 0 Å². The van der Waals surface area contributed by atoms with Crippen LogP contribution in [-0.2, 0) is 19.7 Å². The van der Waals surface area contributed by atoms with E-state index in [0.717, 1.165) is 36.9 Å². The Labute approximate surface area is 130 Å². The van der Waals surface area contributed by atoms with E-state index < -0.39 is 5.41 Å². The van der Waals surface area contributed by atoms with Crippen molar-refractivity contribution in [3.05, 3.63) is 11.1 Å². The van der Waals surface area contributed by atoms with Gasteiger partial charge >= 0.3 is 5.97 Å². The summed E-state index contributed by atoms with van der Waals surface area (Å²) in [6.07, 6.45) is 1.21. The van der Waals surface area contributed by atoms with E-state index in [2.05, 4.69) is 16.8 Å². The molecule has 5 nitrogen and oxygen atoms in total. The number of carbonyl (C=O) groups excluding carboxylic acids is 1. The van der Waals surface area contributed by atoms with Crippen LogP contribution in [0.2, 0.25) is 0 Å². The molecular formula is C15H24N2O3S. The highest BCUT2D eigenvalue weighted by molar-refractivity contribution is 7.13. The van der Waals surface area contributed by atoms with E-state index in [1.165, 1.54) is 0 Å². The number of nitrogens with zero attached hydrogens (tertiary/aromatic N) is 2. The first-order chi connectivity index (χ1) is 9.95. The predicted octanol–water partition coefficient (Wildman–Crippen LogP) is 2.60. The maximum Gasteiger partial charge on any atom is 0.317 e. The van der Waals surface area contributed by atoms with Crippen molar-refractivity contribution >= 4 is 22.4 Å². The molecule has 0 saturated carbocycles. The Morgan fingerprint density at radius 1 is 1.62 bits per heavy atom. The lowest BCUT2D eigenvalue weighted by molar-refractivity contribution is -0.148. The fourth-order valence-corrected chi connectivity index (χ4v) is 3.31. The zero-order valence-corrected chi connectivity index (χ0v) is 14.0. The number of aromatic nitrogens is 1. The largest absolute Gasteiger partial charge is 0.465 e. The maximum atomic E-state index is 12.1. The van der Waals surface area contributed by atoms with Gasteiger partial charge in [0.15, 0.2) is 5.13 Å². The third-order valence-corrected chi connectivity index (χ3v) is 4.54. The van der Waals surface area contributed by atoms with E-state index >= 15 is 0 Å². The van der Waals surface area contributed by atoms with Crippen LogP contribution in [0.5, 0.6) is 0 Å². The molecule has 0 spiro atoms. The summed E-state index contributed by atoms with van der Waals surface area (Å²) in [7, 11) is 0. The number of rotatable bonds is 4. The smallest absolute Gasteiger partial charge is 0.317 e. The summed E-state index contributed by atoms with van der Waals surface area (Å²) in [4.78, 5) is 19.0. The van der Waals surface area contributed by atoms with Gasteiger partial charge in [-0.15, -0.1) is 11.3 Å². The Balaban J connectivity index is 2.15. The summed E-state index contributed by atoms with van der Waals surface area (Å²) in [6, 6.07) is 0. The van der Waals surface area contributed by atoms with Crippen LogP contribution >= 0.6 is 11.3 Å². The van der Waals surface area contributed by atoms with Crippen molar-refractivity contribution in [2.75, 3.05) is 31.2 Å². The van der Waals surface area contributed by atoms with Crippen LogP contribution in [-0.4, -0.2) is 43.4 Å². The van der Waals surface area contributed by atoms with Crippen LogP contribution in [0.1, 0.15) is 39.8 Å². The van der Waals surface area contributed by atoms with Crippen LogP contribution < -0.4 is 4.90 Å². The highest BCUT2D eigenvalue weighted by Crippen LogP contribution is 2.30. The fraction of sp³-hybridized carbons (Fsp3) is 0.733. The first kappa shape index (κ1) is 16.2. The number of hydrogen-bond acceptors (Lipinski definition) is 6. The lowest BCUT2D eigenvalue weighted by Crippen LogP contribution is -2.32. The monoisotopic (exact) mass is 312 g/mol. The number of hydrogen-bond donors (Lipinski definition) is 0. The normalized spacial score (nSPS) is 20.2. The second-order valence-electron chi connectivity index (χ2n) is 5.84. The molecule has 1 aromatic rings. The van der Waals surface area contributed by atoms with Gasteiger partial charge in [0, 0.05) is 25.1 Å². The molecule has 0 aromatic carbocycles. The molecule has 0 radical (unpaired) electrons. The number of anilines is 1. The van der Waals surface area contributed by atoms with E-state index in [9.17, 15) is 4.79 Å². The molecule has 0 N–H and O–H groups in total. The van der Waals surface area contributed by atoms with Gasteiger partial charge in [0.05, 0.1) is 18.4 Å². The minimum absolute atomic E-state index is 0.206. The average Bonchev–Trinajstić information content (AvgIpc) is 2.83. The van der Waals surface area contributed by atoms with E-state index in [0.29, 0.717) is 6.61 Å². The van der Waals surface area contributed by atoms with Gasteiger partial charge in [-0.1, -0.05) is 0 Å². The van der Waals surface area contributed by atoms with Crippen molar-refractivity contribution in [3.63, 3.8) is 0 Å². The molecule has 6 heteroatoms. The zero-order chi connectivity index (χ0) is 15.5. The second-order valence-corrected chi connectivity index (χ2v) is 6.68. The van der Waals surface area contributed by atoms with Crippen LogP contribution in [0.25, 0.3) is 0 Å². The first-order valence-electron chi connectivity index (χ1n) is 7.45. The molecule has 1 aliphatic heterocycles. The third-order valence-electron chi connectivity index (χ3n) is 3.64. The van der Waals surface area contributed by atoms with Crippen molar-refractivity contribution in [1.82, 2.24) is 4.98 Å². The van der Waals surface area contributed by atoms with E-state index in [1.54, 1.807) is 11.3 Å². The number of esters is 1. The molecule has 1 atom stereocenters. The summed E-state index contributed by atoms with van der Waals surface area (Å²) in [6.45, 7) is 10.6. The van der Waals surface area contributed by atoms with Crippen LogP contribution in [0.4, 0.5) is 5.13 Å². The fourth-order valence-electron chi connectivity index (χ4n) is 2.28. The van der Waals surface area contributed by atoms with Gasteiger partial charge in [0.25, 0.3) is 0 Å². The lowest BCUT2D eigenvalue weighted by Gasteiger charge is -2.22. The zero-order valence-electron chi connectivity index (χ0n) is 13.2. The Morgan fingerprint density at radius 3 is 3.10 bits per heavy atom. The molecule has 0 bridgehead atoms. The second kappa shape index (κ2) is 6.75. The Morgan fingerprint density at radius 2 is 2.38 bits per heavy atom. The van der Waals surface area contributed by atoms with E-state index in [1.807, 2.05) is 26.2 Å². The molecule has 21 heavy (non-hydrogen) atoms. The summed E-state index contributed by atoms with van der Waals surface area (Å²) in [5, 5.41) is 2.92. The molecule has 1 fully saturated rings. The Hall–Kier alpha value is -1.14. The maximum absolute atomic E-state index is 12.1. The highest BCUT2D eigenvalue weighted by Gasteiger charge is 2.34. The molecule has 118 valence electrons. The quantitative estimate of drug-likeness (QED) is 0.800. The molecule has 0 amide bonds. The average molecular weight is 312 g/mol. The number of thiazole rings is 1. The van der Waals surface area contributed by atoms with Crippen molar-refractivity contribution in [2.45, 2.75) is 45.6 Å². The van der Waals surface area contributed by atoms with Gasteiger partial charge in [0.1, 0.15) is 5.41 Å². The summed E-state index contributed by atoms with van der Waals surface area (Å²) >= 11 is 1.58. The summed E-state index contributed by atoms with van der Waals surface area (Å²) in [5.74, 6) is -0.227. The van der Waals surface area contributed by atoms with Gasteiger partial charge in [-0.05, 0) is 34.1 Å². The lowest BCUT2D eigenvalue weighted by atomic mass is 9.90. The van der Waals surface area contributed by atoms with Crippen molar-refractivity contribution < 1.29 is 14.3 Å². The van der Waals surface area contributed by atoms with Gasteiger partial charge in [-0.2, -0.15) is 0 Å². The van der Waals surface area contributed by atoms with Crippen LogP contribution in [0.3, 0.4) is 0 Å². The Kier molecular flexibility index (Phi) is 5.22. The molecule has 1 unspecified atom stereocenters.